The van der Waals surface area contributed by atoms with E-state index in [1.54, 1.807) is 4.90 Å². The number of carbonyl (C=O) groups excluding carboxylic acids is 3. The van der Waals surface area contributed by atoms with Crippen LogP contribution in [0.4, 0.5) is 4.79 Å². The summed E-state index contributed by atoms with van der Waals surface area (Å²) in [5.41, 5.74) is 1.25. The second kappa shape index (κ2) is 7.25. The minimum Gasteiger partial charge on any atom is -0.343 e. The fraction of sp³-hybridized carbons (Fsp3) is 0.471. The molecule has 2 N–H and O–H groups in total. The van der Waals surface area contributed by atoms with Crippen LogP contribution in [0, 0.1) is 6.92 Å². The molecule has 3 rings (SSSR count). The van der Waals surface area contributed by atoms with E-state index in [0.717, 1.165) is 12.8 Å². The summed E-state index contributed by atoms with van der Waals surface area (Å²) < 4.78 is 0. The molecule has 0 aliphatic carbocycles. The van der Waals surface area contributed by atoms with Crippen LogP contribution in [0.2, 0.25) is 0 Å². The molecule has 2 heterocycles. The van der Waals surface area contributed by atoms with Gasteiger partial charge in [-0.2, -0.15) is 0 Å². The number of aryl methyl sites for hydroxylation is 1. The highest BCUT2D eigenvalue weighted by Crippen LogP contribution is 2.31. The van der Waals surface area contributed by atoms with E-state index >= 15 is 0 Å². The van der Waals surface area contributed by atoms with Gasteiger partial charge in [-0.15, -0.1) is 11.8 Å². The number of urea groups is 1. The summed E-state index contributed by atoms with van der Waals surface area (Å²) in [6.45, 7) is 3.48. The zero-order valence-electron chi connectivity index (χ0n) is 13.6. The number of amides is 4. The van der Waals surface area contributed by atoms with Crippen molar-refractivity contribution < 1.29 is 14.4 Å². The van der Waals surface area contributed by atoms with Gasteiger partial charge in [-0.3, -0.25) is 14.9 Å². The van der Waals surface area contributed by atoms with Crippen LogP contribution in [-0.4, -0.2) is 47.1 Å². The van der Waals surface area contributed by atoms with E-state index in [1.807, 2.05) is 11.8 Å². The highest BCUT2D eigenvalue weighted by atomic mass is 32.2. The summed E-state index contributed by atoms with van der Waals surface area (Å²) in [5, 5.41) is 5.13. The number of nitrogens with one attached hydrogen (secondary N) is 2. The number of carbonyl (C=O) groups is 3. The summed E-state index contributed by atoms with van der Waals surface area (Å²) in [5.74, 6) is -0.491. The average molecular weight is 347 g/mol. The van der Waals surface area contributed by atoms with Crippen molar-refractivity contribution in [2.24, 2.45) is 0 Å². The Kier molecular flexibility index (Phi) is 5.08. The number of likely N-dealkylation sites (tertiary alicyclic amines) is 1. The van der Waals surface area contributed by atoms with E-state index in [1.165, 1.54) is 10.5 Å². The van der Waals surface area contributed by atoms with Crippen molar-refractivity contribution in [3.05, 3.63) is 29.8 Å². The highest BCUT2D eigenvalue weighted by Gasteiger charge is 2.33. The Hall–Kier alpha value is -2.02. The molecule has 0 radical (unpaired) electrons. The lowest BCUT2D eigenvalue weighted by Gasteiger charge is -2.32. The van der Waals surface area contributed by atoms with Gasteiger partial charge in [0.25, 0.3) is 5.91 Å². The summed E-state index contributed by atoms with van der Waals surface area (Å²) in [4.78, 5) is 38.0. The van der Waals surface area contributed by atoms with Crippen LogP contribution < -0.4 is 10.6 Å². The van der Waals surface area contributed by atoms with Gasteiger partial charge in [0.2, 0.25) is 5.91 Å². The van der Waals surface area contributed by atoms with Crippen molar-refractivity contribution in [1.29, 1.82) is 0 Å². The van der Waals surface area contributed by atoms with Crippen molar-refractivity contribution in [1.82, 2.24) is 15.5 Å². The Bertz CT molecular complexity index is 656. The van der Waals surface area contributed by atoms with Gasteiger partial charge in [0, 0.05) is 23.2 Å². The Labute approximate surface area is 145 Å². The Morgan fingerprint density at radius 1 is 1.29 bits per heavy atom. The molecular weight excluding hydrogens is 326 g/mol. The summed E-state index contributed by atoms with van der Waals surface area (Å²) in [6.07, 6.45) is 1.91. The first kappa shape index (κ1) is 16.8. The maximum atomic E-state index is 12.3. The van der Waals surface area contributed by atoms with Gasteiger partial charge in [0.1, 0.15) is 6.04 Å². The second-order valence-corrected chi connectivity index (χ2v) is 7.61. The number of imide groups is 1. The summed E-state index contributed by atoms with van der Waals surface area (Å²) in [6, 6.07) is 7.20. The van der Waals surface area contributed by atoms with E-state index < -0.39 is 18.0 Å². The van der Waals surface area contributed by atoms with Gasteiger partial charge in [-0.25, -0.2) is 4.79 Å². The molecule has 128 valence electrons. The highest BCUT2D eigenvalue weighted by molar-refractivity contribution is 8.00. The number of benzene rings is 1. The van der Waals surface area contributed by atoms with E-state index in [-0.39, 0.29) is 12.3 Å². The zero-order chi connectivity index (χ0) is 17.1. The molecular formula is C17H21N3O3S. The van der Waals surface area contributed by atoms with E-state index in [0.29, 0.717) is 18.3 Å². The summed E-state index contributed by atoms with van der Waals surface area (Å²) in [7, 11) is 0. The lowest BCUT2D eigenvalue weighted by molar-refractivity contribution is -0.134. The van der Waals surface area contributed by atoms with Crippen LogP contribution in [0.3, 0.4) is 0 Å². The van der Waals surface area contributed by atoms with Crippen molar-refractivity contribution in [2.75, 3.05) is 13.1 Å². The first-order chi connectivity index (χ1) is 11.5. The smallest absolute Gasteiger partial charge is 0.322 e. The van der Waals surface area contributed by atoms with Gasteiger partial charge in [0.05, 0.1) is 6.42 Å². The topological polar surface area (TPSA) is 78.5 Å². The number of hydrogen-bond acceptors (Lipinski definition) is 4. The van der Waals surface area contributed by atoms with Crippen LogP contribution in [0.15, 0.2) is 29.2 Å². The van der Waals surface area contributed by atoms with Gasteiger partial charge >= 0.3 is 6.03 Å². The predicted octanol–water partition coefficient (Wildman–Crippen LogP) is 1.68. The third-order valence-corrected chi connectivity index (χ3v) is 5.66. The van der Waals surface area contributed by atoms with Crippen molar-refractivity contribution in [2.45, 2.75) is 42.4 Å². The number of thioether (sulfide) groups is 1. The molecule has 1 aromatic rings. The molecule has 0 spiro atoms. The molecule has 0 bridgehead atoms. The number of piperidine rings is 1. The average Bonchev–Trinajstić information content (AvgIpc) is 2.85. The lowest BCUT2D eigenvalue weighted by atomic mass is 10.1. The Balaban J connectivity index is 1.47. The third-order valence-electron chi connectivity index (χ3n) is 4.32. The SMILES string of the molecule is Cc1cccc(SC2CCN(C(=O)C[C@H]3NC(=O)NC3=O)CC2)c1. The molecule has 2 aliphatic heterocycles. The molecule has 1 atom stereocenters. The molecule has 0 unspecified atom stereocenters. The van der Waals surface area contributed by atoms with Crippen LogP contribution in [0.25, 0.3) is 0 Å². The Morgan fingerprint density at radius 2 is 2.04 bits per heavy atom. The molecule has 6 nitrogen and oxygen atoms in total. The summed E-state index contributed by atoms with van der Waals surface area (Å²) >= 11 is 1.87. The molecule has 2 fully saturated rings. The van der Waals surface area contributed by atoms with Crippen LogP contribution in [-0.2, 0) is 9.59 Å². The van der Waals surface area contributed by atoms with Crippen LogP contribution in [0.5, 0.6) is 0 Å². The largest absolute Gasteiger partial charge is 0.343 e. The van der Waals surface area contributed by atoms with E-state index in [4.69, 9.17) is 0 Å². The van der Waals surface area contributed by atoms with Crippen LogP contribution >= 0.6 is 11.8 Å². The van der Waals surface area contributed by atoms with Gasteiger partial charge in [0.15, 0.2) is 0 Å². The molecule has 24 heavy (non-hydrogen) atoms. The fourth-order valence-electron chi connectivity index (χ4n) is 3.01. The van der Waals surface area contributed by atoms with Gasteiger partial charge in [-0.1, -0.05) is 17.7 Å². The third kappa shape index (κ3) is 4.08. The first-order valence-electron chi connectivity index (χ1n) is 8.14. The van der Waals surface area contributed by atoms with Gasteiger partial charge < -0.3 is 10.2 Å². The normalized spacial score (nSPS) is 21.5. The monoisotopic (exact) mass is 347 g/mol. The molecule has 1 aromatic carbocycles. The molecule has 2 aliphatic rings. The molecule has 7 heteroatoms. The first-order valence-corrected chi connectivity index (χ1v) is 9.01. The van der Waals surface area contributed by atoms with E-state index in [2.05, 4.69) is 41.8 Å². The zero-order valence-corrected chi connectivity index (χ0v) is 14.4. The van der Waals surface area contributed by atoms with Crippen molar-refractivity contribution in [3.8, 4) is 0 Å². The Morgan fingerprint density at radius 3 is 2.67 bits per heavy atom. The van der Waals surface area contributed by atoms with Gasteiger partial charge in [-0.05, 0) is 31.9 Å². The maximum Gasteiger partial charge on any atom is 0.322 e. The molecule has 4 amide bonds. The minimum absolute atomic E-state index is 0.0350. The second-order valence-electron chi connectivity index (χ2n) is 6.23. The van der Waals surface area contributed by atoms with Crippen molar-refractivity contribution >= 4 is 29.6 Å². The maximum absolute atomic E-state index is 12.3. The lowest BCUT2D eigenvalue weighted by Crippen LogP contribution is -2.43. The quantitative estimate of drug-likeness (QED) is 0.812. The van der Waals surface area contributed by atoms with Crippen molar-refractivity contribution in [3.63, 3.8) is 0 Å². The molecule has 0 aromatic heterocycles. The van der Waals surface area contributed by atoms with E-state index in [9.17, 15) is 14.4 Å². The minimum atomic E-state index is -0.732. The number of rotatable bonds is 4. The fourth-order valence-corrected chi connectivity index (χ4v) is 4.25. The number of nitrogens with zero attached hydrogens (tertiary/aromatic N) is 1. The van der Waals surface area contributed by atoms with Crippen LogP contribution in [0.1, 0.15) is 24.8 Å². The standard InChI is InChI=1S/C17H21N3O3S/c1-11-3-2-4-13(9-11)24-12-5-7-20(8-6-12)15(21)10-14-16(22)19-17(23)18-14/h2-4,9,12,14H,5-8,10H2,1H3,(H2,18,19,22,23)/t14-/m1/s1. The molecule has 0 saturated carbocycles. The molecule has 2 saturated heterocycles. The predicted molar refractivity (Wildman–Crippen MR) is 91.7 cm³/mol. The number of hydrogen-bond donors (Lipinski definition) is 2.